The SMILES string of the molecule is CC(C)(c1cc(Br)c(N2C(=O)C=CC2=O)c(Br)c1)c1cc(Br)c(N2C(=O)C=CC2=O)c(Br)c1. The van der Waals surface area contributed by atoms with Crippen molar-refractivity contribution in [2.75, 3.05) is 9.80 Å². The zero-order valence-corrected chi connectivity index (χ0v) is 23.5. The molecule has 0 fully saturated rings. The predicted octanol–water partition coefficient (Wildman–Crippen LogP) is 5.92. The number of hydrogen-bond acceptors (Lipinski definition) is 4. The van der Waals surface area contributed by atoms with Crippen molar-refractivity contribution in [2.24, 2.45) is 0 Å². The Morgan fingerprint density at radius 3 is 1.03 bits per heavy atom. The van der Waals surface area contributed by atoms with Crippen LogP contribution in [0.5, 0.6) is 0 Å². The first-order valence-corrected chi connectivity index (χ1v) is 12.7. The van der Waals surface area contributed by atoms with E-state index in [2.05, 4.69) is 63.7 Å². The van der Waals surface area contributed by atoms with Gasteiger partial charge in [0.05, 0.1) is 11.4 Å². The van der Waals surface area contributed by atoms with E-state index in [1.54, 1.807) is 0 Å². The van der Waals surface area contributed by atoms with Gasteiger partial charge in [-0.25, -0.2) is 9.80 Å². The maximum atomic E-state index is 12.2. The van der Waals surface area contributed by atoms with Crippen LogP contribution in [0.3, 0.4) is 0 Å². The van der Waals surface area contributed by atoms with Crippen molar-refractivity contribution in [2.45, 2.75) is 19.3 Å². The van der Waals surface area contributed by atoms with Gasteiger partial charge in [0.2, 0.25) is 0 Å². The summed E-state index contributed by atoms with van der Waals surface area (Å²) in [5.74, 6) is -1.62. The lowest BCUT2D eigenvalue weighted by Crippen LogP contribution is -2.31. The maximum Gasteiger partial charge on any atom is 0.258 e. The molecule has 0 atom stereocenters. The lowest BCUT2D eigenvalue weighted by Gasteiger charge is -2.30. The van der Waals surface area contributed by atoms with E-state index in [0.717, 1.165) is 20.9 Å². The molecule has 0 N–H and O–H groups in total. The van der Waals surface area contributed by atoms with Gasteiger partial charge < -0.3 is 0 Å². The molecule has 2 aliphatic rings. The fraction of sp³-hybridized carbons (Fsp3) is 0.130. The number of nitrogens with zero attached hydrogens (tertiary/aromatic N) is 2. The van der Waals surface area contributed by atoms with Gasteiger partial charge in [-0.2, -0.15) is 0 Å². The molecule has 6 nitrogen and oxygen atoms in total. The van der Waals surface area contributed by atoms with E-state index in [1.807, 2.05) is 38.1 Å². The monoisotopic (exact) mass is 698 g/mol. The summed E-state index contributed by atoms with van der Waals surface area (Å²) in [5.41, 5.74) is 2.15. The molecule has 0 bridgehead atoms. The Morgan fingerprint density at radius 2 is 0.788 bits per heavy atom. The minimum absolute atomic E-state index is 0.405. The summed E-state index contributed by atoms with van der Waals surface area (Å²) in [6.07, 6.45) is 4.95. The Balaban J connectivity index is 1.76. The average Bonchev–Trinajstić information content (AvgIpc) is 3.23. The number of hydrogen-bond donors (Lipinski definition) is 0. The summed E-state index contributed by atoms with van der Waals surface area (Å²) in [5, 5.41) is 0. The van der Waals surface area contributed by atoms with Crippen LogP contribution in [0.2, 0.25) is 0 Å². The summed E-state index contributed by atoms with van der Waals surface area (Å²) in [6.45, 7) is 4.05. The lowest BCUT2D eigenvalue weighted by molar-refractivity contribution is -0.121. The molecule has 2 aliphatic heterocycles. The molecule has 10 heteroatoms. The van der Waals surface area contributed by atoms with Crippen molar-refractivity contribution in [3.63, 3.8) is 0 Å². The smallest absolute Gasteiger partial charge is 0.258 e. The second kappa shape index (κ2) is 8.72. The van der Waals surface area contributed by atoms with Crippen LogP contribution < -0.4 is 9.80 Å². The van der Waals surface area contributed by atoms with Crippen LogP contribution in [-0.2, 0) is 24.6 Å². The quantitative estimate of drug-likeness (QED) is 0.371. The molecule has 0 radical (unpaired) electrons. The van der Waals surface area contributed by atoms with Crippen molar-refractivity contribution in [3.8, 4) is 0 Å². The number of benzene rings is 2. The lowest BCUT2D eigenvalue weighted by atomic mass is 9.78. The van der Waals surface area contributed by atoms with Crippen LogP contribution in [0.4, 0.5) is 11.4 Å². The molecule has 2 aromatic rings. The molecule has 4 rings (SSSR count). The largest absolute Gasteiger partial charge is 0.269 e. The number of amides is 4. The third-order valence-corrected chi connectivity index (χ3v) is 7.96. The zero-order chi connectivity index (χ0) is 24.2. The van der Waals surface area contributed by atoms with Gasteiger partial charge >= 0.3 is 0 Å². The van der Waals surface area contributed by atoms with E-state index in [4.69, 9.17) is 0 Å². The van der Waals surface area contributed by atoms with Crippen molar-refractivity contribution in [1.29, 1.82) is 0 Å². The maximum absolute atomic E-state index is 12.2. The van der Waals surface area contributed by atoms with E-state index in [0.29, 0.717) is 29.3 Å². The minimum atomic E-state index is -0.526. The number of imide groups is 2. The third-order valence-electron chi connectivity index (χ3n) is 5.54. The van der Waals surface area contributed by atoms with Crippen LogP contribution >= 0.6 is 63.7 Å². The highest BCUT2D eigenvalue weighted by atomic mass is 79.9. The summed E-state index contributed by atoms with van der Waals surface area (Å²) in [7, 11) is 0. The molecule has 0 aromatic heterocycles. The van der Waals surface area contributed by atoms with Crippen molar-refractivity contribution < 1.29 is 19.2 Å². The second-order valence-corrected chi connectivity index (χ2v) is 11.3. The number of carbonyl (C=O) groups is 4. The van der Waals surface area contributed by atoms with Crippen molar-refractivity contribution in [1.82, 2.24) is 0 Å². The number of anilines is 2. The van der Waals surface area contributed by atoms with Gasteiger partial charge in [-0.05, 0) is 99.1 Å². The molecule has 168 valence electrons. The van der Waals surface area contributed by atoms with Crippen LogP contribution in [0.25, 0.3) is 0 Å². The molecule has 0 spiro atoms. The van der Waals surface area contributed by atoms with Crippen LogP contribution in [0.1, 0.15) is 25.0 Å². The van der Waals surface area contributed by atoms with Crippen LogP contribution in [-0.4, -0.2) is 23.6 Å². The van der Waals surface area contributed by atoms with Gasteiger partial charge in [0.25, 0.3) is 23.6 Å². The normalized spacial score (nSPS) is 16.1. The summed E-state index contributed by atoms with van der Waals surface area (Å²) >= 11 is 14.1. The van der Waals surface area contributed by atoms with E-state index in [9.17, 15) is 19.2 Å². The van der Waals surface area contributed by atoms with Gasteiger partial charge in [-0.3, -0.25) is 19.2 Å². The molecule has 4 amide bonds. The molecule has 0 saturated heterocycles. The topological polar surface area (TPSA) is 74.8 Å². The van der Waals surface area contributed by atoms with Gasteiger partial charge in [0.15, 0.2) is 0 Å². The minimum Gasteiger partial charge on any atom is -0.269 e. The van der Waals surface area contributed by atoms with Crippen molar-refractivity contribution in [3.05, 3.63) is 77.6 Å². The number of halogens is 4. The summed E-state index contributed by atoms with van der Waals surface area (Å²) < 4.78 is 2.33. The molecule has 0 saturated carbocycles. The van der Waals surface area contributed by atoms with Gasteiger partial charge in [0, 0.05) is 47.6 Å². The van der Waals surface area contributed by atoms with Crippen LogP contribution in [0.15, 0.2) is 66.5 Å². The molecule has 2 heterocycles. The molecule has 33 heavy (non-hydrogen) atoms. The Hall–Kier alpha value is -1.88. The predicted molar refractivity (Wildman–Crippen MR) is 139 cm³/mol. The van der Waals surface area contributed by atoms with E-state index in [1.165, 1.54) is 24.3 Å². The second-order valence-electron chi connectivity index (χ2n) is 7.89. The van der Waals surface area contributed by atoms with E-state index < -0.39 is 29.0 Å². The zero-order valence-electron chi connectivity index (χ0n) is 17.2. The van der Waals surface area contributed by atoms with Gasteiger partial charge in [0.1, 0.15) is 0 Å². The number of rotatable bonds is 4. The fourth-order valence-electron chi connectivity index (χ4n) is 3.69. The average molecular weight is 702 g/mol. The Bertz CT molecular complexity index is 1150. The molecular formula is C23H14Br4N2O4. The highest BCUT2D eigenvalue weighted by Crippen LogP contribution is 2.45. The first kappa shape index (κ1) is 24.3. The Labute approximate surface area is 223 Å². The van der Waals surface area contributed by atoms with Crippen LogP contribution in [0, 0.1) is 0 Å². The Kier molecular flexibility index (Phi) is 6.41. The summed E-state index contributed by atoms with van der Waals surface area (Å²) in [6, 6.07) is 7.47. The summed E-state index contributed by atoms with van der Waals surface area (Å²) in [4.78, 5) is 50.9. The molecule has 0 unspecified atom stereocenters. The molecule has 0 aliphatic carbocycles. The van der Waals surface area contributed by atoms with Gasteiger partial charge in [-0.1, -0.05) is 13.8 Å². The van der Waals surface area contributed by atoms with E-state index in [-0.39, 0.29) is 0 Å². The van der Waals surface area contributed by atoms with Crippen molar-refractivity contribution >= 4 is 98.7 Å². The number of carbonyl (C=O) groups excluding carboxylic acids is 4. The fourth-order valence-corrected chi connectivity index (χ4v) is 6.77. The van der Waals surface area contributed by atoms with E-state index >= 15 is 0 Å². The highest BCUT2D eigenvalue weighted by Gasteiger charge is 2.33. The van der Waals surface area contributed by atoms with Gasteiger partial charge in [-0.15, -0.1) is 0 Å². The standard InChI is InChI=1S/C23H14Br4N2O4/c1-23(2,11-7-13(24)21(14(25)8-11)28-17(30)3-4-18(28)31)12-9-15(26)22(16(27)10-12)29-19(32)5-6-20(29)33/h3-10H,1-2H3. The first-order valence-electron chi connectivity index (χ1n) is 9.54. The third kappa shape index (κ3) is 4.11. The Morgan fingerprint density at radius 1 is 0.545 bits per heavy atom. The highest BCUT2D eigenvalue weighted by molar-refractivity contribution is 9.11. The first-order chi connectivity index (χ1) is 15.4. The molecule has 2 aromatic carbocycles. The molecular weight excluding hydrogens is 688 g/mol.